The van der Waals surface area contributed by atoms with Gasteiger partial charge in [0.15, 0.2) is 0 Å². The number of hydrogen-bond acceptors (Lipinski definition) is 3. The summed E-state index contributed by atoms with van der Waals surface area (Å²) >= 11 is 6.06. The van der Waals surface area contributed by atoms with Crippen molar-refractivity contribution < 1.29 is 0 Å². The van der Waals surface area contributed by atoms with Gasteiger partial charge in [0.25, 0.3) is 5.56 Å². The molecule has 6 nitrogen and oxygen atoms in total. The van der Waals surface area contributed by atoms with Crippen molar-refractivity contribution in [3.8, 4) is 22.3 Å². The van der Waals surface area contributed by atoms with E-state index in [2.05, 4.69) is 26.2 Å². The summed E-state index contributed by atoms with van der Waals surface area (Å²) in [7, 11) is 0. The Morgan fingerprint density at radius 1 is 1.07 bits per heavy atom. The zero-order chi connectivity index (χ0) is 20.7. The predicted molar refractivity (Wildman–Crippen MR) is 119 cm³/mol. The average molecular weight is 416 g/mol. The number of benzene rings is 1. The lowest BCUT2D eigenvalue weighted by Crippen LogP contribution is -2.19. The van der Waals surface area contributed by atoms with E-state index in [1.807, 2.05) is 55.8 Å². The Bertz CT molecular complexity index is 1430. The van der Waals surface area contributed by atoms with Gasteiger partial charge in [0.05, 0.1) is 12.7 Å². The second-order valence-corrected chi connectivity index (χ2v) is 7.68. The largest absolute Gasteiger partial charge is 0.346 e. The molecule has 0 spiro atoms. The Hall–Kier alpha value is -3.64. The number of aromatic amines is 2. The molecule has 1 aromatic carbocycles. The maximum absolute atomic E-state index is 12.8. The number of halogens is 1. The third kappa shape index (κ3) is 3.31. The van der Waals surface area contributed by atoms with Gasteiger partial charge in [-0.2, -0.15) is 5.10 Å². The summed E-state index contributed by atoms with van der Waals surface area (Å²) in [5.74, 6) is 0. The molecule has 2 N–H and O–H groups in total. The number of nitrogens with one attached hydrogen (secondary N) is 2. The fourth-order valence-electron chi connectivity index (χ4n) is 3.67. The number of fused-ring (bicyclic) bond motifs is 1. The van der Waals surface area contributed by atoms with E-state index >= 15 is 0 Å². The summed E-state index contributed by atoms with van der Waals surface area (Å²) in [5.41, 5.74) is 6.43. The monoisotopic (exact) mass is 415 g/mol. The SMILES string of the molecule is Cc1[nH]ncc1-c1cnc2[nH]cc(-c3ccn(Cc4cccc(Cl)c4)c(=O)c3)c2c1. The first-order chi connectivity index (χ1) is 14.6. The standard InChI is InChI=1S/C23H18ClN5O/c1-14-20(12-27-28-14)17-8-19-21(11-26-23(19)25-10-17)16-5-6-29(22(30)9-16)13-15-3-2-4-18(24)7-15/h2-12H,13H2,1H3,(H,25,26)(H,27,28). The highest BCUT2D eigenvalue weighted by Crippen LogP contribution is 2.31. The average Bonchev–Trinajstić information content (AvgIpc) is 3.35. The zero-order valence-corrected chi connectivity index (χ0v) is 16.9. The van der Waals surface area contributed by atoms with Crippen LogP contribution in [-0.4, -0.2) is 24.7 Å². The molecular formula is C23H18ClN5O. The lowest BCUT2D eigenvalue weighted by atomic mass is 10.0. The van der Waals surface area contributed by atoms with Crippen LogP contribution in [0.15, 0.2) is 72.0 Å². The van der Waals surface area contributed by atoms with Crippen molar-refractivity contribution in [1.29, 1.82) is 0 Å². The van der Waals surface area contributed by atoms with E-state index in [0.29, 0.717) is 11.6 Å². The highest BCUT2D eigenvalue weighted by Gasteiger charge is 2.12. The molecule has 0 bridgehead atoms. The molecule has 0 aliphatic heterocycles. The van der Waals surface area contributed by atoms with Crippen molar-refractivity contribution >= 4 is 22.6 Å². The summed E-state index contributed by atoms with van der Waals surface area (Å²) in [6, 6.07) is 13.2. The van der Waals surface area contributed by atoms with E-state index < -0.39 is 0 Å². The van der Waals surface area contributed by atoms with Crippen LogP contribution in [0.3, 0.4) is 0 Å². The summed E-state index contributed by atoms with van der Waals surface area (Å²) in [4.78, 5) is 20.5. The number of rotatable bonds is 4. The Morgan fingerprint density at radius 3 is 2.73 bits per heavy atom. The minimum Gasteiger partial charge on any atom is -0.346 e. The van der Waals surface area contributed by atoms with Gasteiger partial charge in [0.1, 0.15) is 5.65 Å². The van der Waals surface area contributed by atoms with Crippen LogP contribution in [0.25, 0.3) is 33.3 Å². The fraction of sp³-hybridized carbons (Fsp3) is 0.0870. The van der Waals surface area contributed by atoms with Crippen molar-refractivity contribution in [2.75, 3.05) is 0 Å². The van der Waals surface area contributed by atoms with E-state index in [9.17, 15) is 4.79 Å². The minimum absolute atomic E-state index is 0.0726. The molecule has 0 fully saturated rings. The number of hydrogen-bond donors (Lipinski definition) is 2. The highest BCUT2D eigenvalue weighted by molar-refractivity contribution is 6.30. The van der Waals surface area contributed by atoms with Gasteiger partial charge in [0.2, 0.25) is 0 Å². The summed E-state index contributed by atoms with van der Waals surface area (Å²) in [6.07, 6.45) is 7.32. The lowest BCUT2D eigenvalue weighted by Gasteiger charge is -2.08. The second kappa shape index (κ2) is 7.31. The van der Waals surface area contributed by atoms with Gasteiger partial charge < -0.3 is 9.55 Å². The third-order valence-corrected chi connectivity index (χ3v) is 5.46. The van der Waals surface area contributed by atoms with Crippen molar-refractivity contribution in [3.05, 3.63) is 93.9 Å². The van der Waals surface area contributed by atoms with Gasteiger partial charge in [-0.15, -0.1) is 0 Å². The maximum Gasteiger partial charge on any atom is 0.251 e. The quantitative estimate of drug-likeness (QED) is 0.442. The lowest BCUT2D eigenvalue weighted by molar-refractivity contribution is 0.760. The Balaban J connectivity index is 1.53. The second-order valence-electron chi connectivity index (χ2n) is 7.24. The maximum atomic E-state index is 12.8. The molecule has 4 heterocycles. The predicted octanol–water partition coefficient (Wildman–Crippen LogP) is 4.79. The van der Waals surface area contributed by atoms with Crippen LogP contribution >= 0.6 is 11.6 Å². The number of aromatic nitrogens is 5. The van der Waals surface area contributed by atoms with Crippen LogP contribution in [0.5, 0.6) is 0 Å². The number of aryl methyl sites for hydroxylation is 1. The molecule has 7 heteroatoms. The van der Waals surface area contributed by atoms with Crippen LogP contribution < -0.4 is 5.56 Å². The molecule has 0 aliphatic rings. The van der Waals surface area contributed by atoms with E-state index in [1.165, 1.54) is 0 Å². The Labute approximate surface area is 177 Å². The Kier molecular flexibility index (Phi) is 4.48. The molecular weight excluding hydrogens is 398 g/mol. The fourth-order valence-corrected chi connectivity index (χ4v) is 3.88. The van der Waals surface area contributed by atoms with Gasteiger partial charge in [-0.1, -0.05) is 23.7 Å². The molecule has 0 amide bonds. The normalized spacial score (nSPS) is 11.3. The van der Waals surface area contributed by atoms with E-state index in [0.717, 1.165) is 44.5 Å². The third-order valence-electron chi connectivity index (χ3n) is 5.22. The molecule has 0 saturated carbocycles. The van der Waals surface area contributed by atoms with E-state index in [-0.39, 0.29) is 5.56 Å². The molecule has 5 aromatic rings. The first kappa shape index (κ1) is 18.4. The molecule has 0 atom stereocenters. The molecule has 148 valence electrons. The van der Waals surface area contributed by atoms with Crippen LogP contribution in [0.4, 0.5) is 0 Å². The zero-order valence-electron chi connectivity index (χ0n) is 16.2. The van der Waals surface area contributed by atoms with Gasteiger partial charge in [-0.25, -0.2) is 4.98 Å². The van der Waals surface area contributed by atoms with E-state index in [1.54, 1.807) is 16.8 Å². The van der Waals surface area contributed by atoms with Gasteiger partial charge in [-0.05, 0) is 42.3 Å². The van der Waals surface area contributed by atoms with Crippen LogP contribution in [0.2, 0.25) is 5.02 Å². The topological polar surface area (TPSA) is 79.4 Å². The van der Waals surface area contributed by atoms with Crippen molar-refractivity contribution in [3.63, 3.8) is 0 Å². The van der Waals surface area contributed by atoms with Crippen LogP contribution in [0, 0.1) is 6.92 Å². The van der Waals surface area contributed by atoms with Crippen molar-refractivity contribution in [2.45, 2.75) is 13.5 Å². The van der Waals surface area contributed by atoms with E-state index in [4.69, 9.17) is 11.6 Å². The first-order valence-electron chi connectivity index (χ1n) is 9.51. The number of nitrogens with zero attached hydrogens (tertiary/aromatic N) is 3. The minimum atomic E-state index is -0.0726. The molecule has 0 saturated heterocycles. The van der Waals surface area contributed by atoms with Gasteiger partial charge in [0, 0.05) is 57.5 Å². The Morgan fingerprint density at radius 2 is 1.97 bits per heavy atom. The van der Waals surface area contributed by atoms with Gasteiger partial charge in [-0.3, -0.25) is 9.89 Å². The summed E-state index contributed by atoms with van der Waals surface area (Å²) in [6.45, 7) is 2.45. The smallest absolute Gasteiger partial charge is 0.251 e. The molecule has 0 unspecified atom stereocenters. The van der Waals surface area contributed by atoms with Crippen molar-refractivity contribution in [2.24, 2.45) is 0 Å². The molecule has 0 aliphatic carbocycles. The van der Waals surface area contributed by atoms with Crippen LogP contribution in [-0.2, 0) is 6.54 Å². The molecule has 4 aromatic heterocycles. The molecule has 0 radical (unpaired) electrons. The number of H-pyrrole nitrogens is 2. The van der Waals surface area contributed by atoms with Crippen molar-refractivity contribution in [1.82, 2.24) is 24.7 Å². The first-order valence-corrected chi connectivity index (χ1v) is 9.89. The van der Waals surface area contributed by atoms with Gasteiger partial charge >= 0.3 is 0 Å². The molecule has 30 heavy (non-hydrogen) atoms. The summed E-state index contributed by atoms with van der Waals surface area (Å²) in [5, 5.41) is 8.67. The summed E-state index contributed by atoms with van der Waals surface area (Å²) < 4.78 is 1.67. The molecule has 5 rings (SSSR count). The highest BCUT2D eigenvalue weighted by atomic mass is 35.5. The van der Waals surface area contributed by atoms with Crippen LogP contribution in [0.1, 0.15) is 11.3 Å². The number of pyridine rings is 2.